The number of fused-ring (bicyclic) bond motifs is 2. The lowest BCUT2D eigenvalue weighted by atomic mass is 9.93. The van der Waals surface area contributed by atoms with Crippen LogP contribution in [-0.4, -0.2) is 39.9 Å². The van der Waals surface area contributed by atoms with Crippen LogP contribution in [0.15, 0.2) is 372 Å². The molecular formula is C95H76N8. The second kappa shape index (κ2) is 33.5. The van der Waals surface area contributed by atoms with Crippen LogP contribution in [0.1, 0.15) is 27.8 Å². The maximum atomic E-state index is 4.18. The molecule has 0 saturated carbocycles. The van der Waals surface area contributed by atoms with Crippen molar-refractivity contribution in [3.63, 3.8) is 0 Å². The summed E-state index contributed by atoms with van der Waals surface area (Å²) in [7, 11) is 0. The van der Waals surface area contributed by atoms with Gasteiger partial charge in [0.15, 0.2) is 0 Å². The molecule has 0 aliphatic carbocycles. The minimum Gasteiger partial charge on any atom is -0.265 e. The molecule has 6 aromatic heterocycles. The van der Waals surface area contributed by atoms with E-state index in [0.29, 0.717) is 0 Å². The molecule has 103 heavy (non-hydrogen) atoms. The summed E-state index contributed by atoms with van der Waals surface area (Å²) in [5.41, 5.74) is 30.0. The van der Waals surface area contributed by atoms with Crippen molar-refractivity contribution >= 4 is 21.5 Å². The zero-order valence-corrected chi connectivity index (χ0v) is 58.3. The zero-order valence-electron chi connectivity index (χ0n) is 58.3. The normalized spacial score (nSPS) is 10.6. The largest absolute Gasteiger partial charge is 0.265 e. The minimum absolute atomic E-state index is 1.00. The third-order valence-electron chi connectivity index (χ3n) is 17.6. The highest BCUT2D eigenvalue weighted by molar-refractivity contribution is 5.97. The lowest BCUT2D eigenvalue weighted by Crippen LogP contribution is -1.87. The maximum absolute atomic E-state index is 4.18. The number of pyridine rings is 4. The van der Waals surface area contributed by atoms with Gasteiger partial charge >= 0.3 is 0 Å². The van der Waals surface area contributed by atoms with Crippen LogP contribution in [-0.2, 0) is 0 Å². The number of nitrogens with zero attached hydrogens (tertiary/aromatic N) is 8. The third kappa shape index (κ3) is 18.1. The molecule has 8 heteroatoms. The highest BCUT2D eigenvalue weighted by atomic mass is 14.8. The molecule has 0 bridgehead atoms. The predicted octanol–water partition coefficient (Wildman–Crippen LogP) is 24.1. The number of rotatable bonds is 10. The summed E-state index contributed by atoms with van der Waals surface area (Å²) in [4.78, 5) is 32.8. The fourth-order valence-electron chi connectivity index (χ4n) is 12.7. The molecule has 0 N–H and O–H groups in total. The molecule has 496 valence electrons. The van der Waals surface area contributed by atoms with E-state index >= 15 is 0 Å². The quantitative estimate of drug-likeness (QED) is 0.133. The van der Waals surface area contributed by atoms with Crippen LogP contribution in [0.25, 0.3) is 133 Å². The monoisotopic (exact) mass is 1330 g/mol. The molecule has 6 heterocycles. The molecule has 0 spiro atoms. The minimum atomic E-state index is 1.00. The van der Waals surface area contributed by atoms with Crippen molar-refractivity contribution < 1.29 is 0 Å². The van der Waals surface area contributed by atoms with Crippen LogP contribution >= 0.6 is 0 Å². The van der Waals surface area contributed by atoms with Gasteiger partial charge in [-0.15, -0.1) is 0 Å². The van der Waals surface area contributed by atoms with E-state index in [0.717, 1.165) is 38.9 Å². The average molecular weight is 1330 g/mol. The number of hydrogen-bond donors (Lipinski definition) is 0. The third-order valence-corrected chi connectivity index (χ3v) is 17.6. The number of aryl methyl sites for hydroxylation is 5. The first-order chi connectivity index (χ1) is 50.6. The van der Waals surface area contributed by atoms with E-state index in [1.165, 1.54) is 134 Å². The molecule has 17 aromatic rings. The van der Waals surface area contributed by atoms with Gasteiger partial charge in [-0.2, -0.15) is 0 Å². The van der Waals surface area contributed by atoms with Crippen molar-refractivity contribution in [3.8, 4) is 111 Å². The van der Waals surface area contributed by atoms with Crippen LogP contribution in [0.5, 0.6) is 0 Å². The maximum Gasteiger partial charge on any atom is 0.115 e. The van der Waals surface area contributed by atoms with E-state index in [2.05, 4.69) is 329 Å². The molecule has 0 aliphatic rings. The lowest BCUT2D eigenvalue weighted by Gasteiger charge is -2.11. The van der Waals surface area contributed by atoms with Crippen molar-refractivity contribution in [2.24, 2.45) is 0 Å². The Morgan fingerprint density at radius 2 is 0.485 bits per heavy atom. The van der Waals surface area contributed by atoms with Gasteiger partial charge in [0, 0.05) is 102 Å². The van der Waals surface area contributed by atoms with Gasteiger partial charge in [0.05, 0.1) is 0 Å². The lowest BCUT2D eigenvalue weighted by molar-refractivity contribution is 1.17. The molecular weight excluding hydrogens is 1250 g/mol. The number of hydrogen-bond acceptors (Lipinski definition) is 8. The first kappa shape index (κ1) is 68.2. The molecule has 0 aliphatic heterocycles. The topological polar surface area (TPSA) is 103 Å². The fraction of sp³-hybridized carbons (Fsp3) is 0.0526. The Balaban J connectivity index is 0.000000115. The Bertz CT molecular complexity index is 5110. The van der Waals surface area contributed by atoms with Crippen LogP contribution in [0.2, 0.25) is 0 Å². The SMILES string of the molecule is Cc1cc(-c2ccccc2)cc(-c2ccc3ccccc3c2)c1.Cc1cc(-c2ccccc2)cc(-c2cccc3ccccc23)c1.Cc1cc(-c2cccnc2)cc(-c2cccnc2)c1.Cc1cc(-c2ccncc2)cc(-c2cccnc2)c1.Cc1cc(-c2cncnc2)cc(-c2cncnc2)c1. The summed E-state index contributed by atoms with van der Waals surface area (Å²) in [5.74, 6) is 0. The van der Waals surface area contributed by atoms with Crippen LogP contribution in [0.3, 0.4) is 0 Å². The Kier molecular flexibility index (Phi) is 22.2. The van der Waals surface area contributed by atoms with Crippen molar-refractivity contribution in [3.05, 3.63) is 400 Å². The van der Waals surface area contributed by atoms with E-state index in [1.54, 1.807) is 18.6 Å². The fourth-order valence-corrected chi connectivity index (χ4v) is 12.7. The van der Waals surface area contributed by atoms with E-state index in [1.807, 2.05) is 86.1 Å². The van der Waals surface area contributed by atoms with Gasteiger partial charge in [-0.3, -0.25) is 19.9 Å². The van der Waals surface area contributed by atoms with E-state index in [-0.39, 0.29) is 0 Å². The molecule has 0 unspecified atom stereocenters. The molecule has 17 rings (SSSR count). The summed E-state index contributed by atoms with van der Waals surface area (Å²) in [6.07, 6.45) is 25.0. The smallest absolute Gasteiger partial charge is 0.115 e. The Morgan fingerprint density at radius 1 is 0.165 bits per heavy atom. The summed E-state index contributed by atoms with van der Waals surface area (Å²) >= 11 is 0. The average Bonchev–Trinajstić information content (AvgIpc) is 0.810. The second-order valence-corrected chi connectivity index (χ2v) is 25.5. The summed E-state index contributed by atoms with van der Waals surface area (Å²) in [6.45, 7) is 10.6. The van der Waals surface area contributed by atoms with Crippen molar-refractivity contribution in [2.45, 2.75) is 34.6 Å². The van der Waals surface area contributed by atoms with E-state index in [9.17, 15) is 0 Å². The van der Waals surface area contributed by atoms with Crippen molar-refractivity contribution in [2.75, 3.05) is 0 Å². The van der Waals surface area contributed by atoms with Gasteiger partial charge in [0.2, 0.25) is 0 Å². The van der Waals surface area contributed by atoms with E-state index < -0.39 is 0 Å². The zero-order chi connectivity index (χ0) is 70.5. The van der Waals surface area contributed by atoms with Crippen LogP contribution in [0.4, 0.5) is 0 Å². The second-order valence-electron chi connectivity index (χ2n) is 25.5. The first-order valence-corrected chi connectivity index (χ1v) is 34.4. The van der Waals surface area contributed by atoms with Gasteiger partial charge in [-0.1, -0.05) is 218 Å². The van der Waals surface area contributed by atoms with Crippen molar-refractivity contribution in [1.82, 2.24) is 39.9 Å². The summed E-state index contributed by atoms with van der Waals surface area (Å²) < 4.78 is 0. The van der Waals surface area contributed by atoms with Gasteiger partial charge < -0.3 is 0 Å². The number of aromatic nitrogens is 8. The molecule has 11 aromatic carbocycles. The summed E-state index contributed by atoms with van der Waals surface area (Å²) in [6, 6.07) is 101. The van der Waals surface area contributed by atoms with E-state index in [4.69, 9.17) is 0 Å². The molecule has 0 fully saturated rings. The van der Waals surface area contributed by atoms with Crippen molar-refractivity contribution in [1.29, 1.82) is 0 Å². The van der Waals surface area contributed by atoms with Gasteiger partial charge in [-0.05, 0) is 234 Å². The molecule has 0 saturated heterocycles. The standard InChI is InChI=1S/2C23H18.2C17H14N2.C15H12N4/c1-17-14-20(18-8-3-2-4-9-18)16-21(15-17)23-13-7-11-19-10-5-6-12-22(19)23;1-17-13-22(18-7-3-2-4-8-18)16-23(14-17)21-12-11-19-9-5-6-10-20(19)15-21;1-13-8-16(14-4-2-6-18-11-14)10-17(9-13)15-5-3-7-19-12-15;1-13-9-16(14-4-7-18-8-5-14)11-17(10-13)15-3-2-6-19-12-15;1-11-2-12(14-5-16-9-17-6-14)4-13(3-11)15-7-18-10-19-8-15/h2*2-16H,1H3;2*2-12H,1H3;2-10H,1H3. The molecule has 0 atom stereocenters. The number of benzene rings is 11. The van der Waals surface area contributed by atoms with Gasteiger partial charge in [0.25, 0.3) is 0 Å². The van der Waals surface area contributed by atoms with Gasteiger partial charge in [0.1, 0.15) is 12.7 Å². The summed E-state index contributed by atoms with van der Waals surface area (Å²) in [5, 5.41) is 5.16. The van der Waals surface area contributed by atoms with Crippen LogP contribution < -0.4 is 0 Å². The predicted molar refractivity (Wildman–Crippen MR) is 428 cm³/mol. The molecule has 0 radical (unpaired) electrons. The highest BCUT2D eigenvalue weighted by Crippen LogP contribution is 2.36. The Morgan fingerprint density at radius 3 is 0.913 bits per heavy atom. The molecule has 0 amide bonds. The Hall–Kier alpha value is -13.3. The van der Waals surface area contributed by atoms with Crippen LogP contribution in [0, 0.1) is 34.6 Å². The first-order valence-electron chi connectivity index (χ1n) is 34.4. The highest BCUT2D eigenvalue weighted by Gasteiger charge is 2.11. The van der Waals surface area contributed by atoms with Gasteiger partial charge in [-0.25, -0.2) is 19.9 Å². The molecule has 8 nitrogen and oxygen atoms in total. The Labute approximate surface area is 603 Å².